The molecule has 7 rings (SSSR count). The highest BCUT2D eigenvalue weighted by Crippen LogP contribution is 2.64. The molecule has 6 atom stereocenters. The number of hydrogen-bond donors (Lipinski definition) is 2. The second-order valence-electron chi connectivity index (χ2n) is 12.7. The van der Waals surface area contributed by atoms with Gasteiger partial charge in [0.15, 0.2) is 11.5 Å². The lowest BCUT2D eigenvalue weighted by atomic mass is 9.49. The summed E-state index contributed by atoms with van der Waals surface area (Å²) in [7, 11) is 3.93. The Kier molecular flexibility index (Phi) is 8.68. The fourth-order valence-corrected chi connectivity index (χ4v) is 9.08. The molecule has 15 heteroatoms. The molecule has 0 spiro atoms. The third kappa shape index (κ3) is 5.06. The minimum Gasteiger partial charge on any atom is -0.503 e. The number of ether oxygens (including phenoxy) is 3. The Morgan fingerprint density at radius 1 is 0.882 bits per heavy atom. The zero-order valence-electron chi connectivity index (χ0n) is 27.3. The van der Waals surface area contributed by atoms with Crippen LogP contribution >= 0.6 is 34.8 Å². The smallest absolute Gasteiger partial charge is 0.423 e. The number of carbonyl (C=O) groups is 5. The van der Waals surface area contributed by atoms with E-state index in [1.165, 1.54) is 38.5 Å². The Bertz CT molecular complexity index is 2050. The number of phenols is 1. The van der Waals surface area contributed by atoms with E-state index in [-0.39, 0.29) is 40.1 Å². The number of phenolic OH excluding ortho intramolecular Hbond substituents is 1. The summed E-state index contributed by atoms with van der Waals surface area (Å²) in [5, 5.41) is 12.1. The monoisotopic (exact) mass is 753 g/mol. The number of rotatable bonds is 6. The number of carbonyl (C=O) groups excluding carboxylic acids is 5. The van der Waals surface area contributed by atoms with Crippen LogP contribution in [0.2, 0.25) is 15.1 Å². The zero-order valence-corrected chi connectivity index (χ0v) is 29.6. The van der Waals surface area contributed by atoms with Gasteiger partial charge >= 0.3 is 6.09 Å². The van der Waals surface area contributed by atoms with Crippen LogP contribution in [0.1, 0.15) is 29.9 Å². The highest BCUT2D eigenvalue weighted by Gasteiger charge is 2.70. The maximum atomic E-state index is 15.3. The molecule has 2 aliphatic carbocycles. The summed E-state index contributed by atoms with van der Waals surface area (Å²) in [5.74, 6) is -7.33. The van der Waals surface area contributed by atoms with Crippen molar-refractivity contribution in [2.24, 2.45) is 23.7 Å². The molecule has 0 radical (unpaired) electrons. The van der Waals surface area contributed by atoms with E-state index < -0.39 is 64.7 Å². The summed E-state index contributed by atoms with van der Waals surface area (Å²) in [6.07, 6.45) is 0.741. The van der Waals surface area contributed by atoms with Crippen molar-refractivity contribution in [1.82, 2.24) is 9.91 Å². The van der Waals surface area contributed by atoms with Gasteiger partial charge in [-0.05, 0) is 72.4 Å². The highest BCUT2D eigenvalue weighted by atomic mass is 35.5. The van der Waals surface area contributed by atoms with E-state index >= 15 is 4.79 Å². The van der Waals surface area contributed by atoms with Crippen LogP contribution < -0.4 is 14.9 Å². The highest BCUT2D eigenvalue weighted by molar-refractivity contribution is 6.36. The van der Waals surface area contributed by atoms with Crippen molar-refractivity contribution in [3.63, 3.8) is 0 Å². The fraction of sp³-hybridized carbons (Fsp3) is 0.306. The van der Waals surface area contributed by atoms with Gasteiger partial charge in [0.2, 0.25) is 11.8 Å². The van der Waals surface area contributed by atoms with Crippen molar-refractivity contribution in [3.05, 3.63) is 92.4 Å². The predicted molar refractivity (Wildman–Crippen MR) is 185 cm³/mol. The topological polar surface area (TPSA) is 152 Å². The van der Waals surface area contributed by atoms with Gasteiger partial charge in [0.1, 0.15) is 5.75 Å². The molecule has 1 saturated carbocycles. The summed E-state index contributed by atoms with van der Waals surface area (Å²) in [6, 6.07) is 14.3. The molecule has 3 fully saturated rings. The van der Waals surface area contributed by atoms with Crippen molar-refractivity contribution in [1.29, 1.82) is 0 Å². The summed E-state index contributed by atoms with van der Waals surface area (Å²) >= 11 is 19.2. The van der Waals surface area contributed by atoms with Gasteiger partial charge < -0.3 is 19.3 Å². The van der Waals surface area contributed by atoms with E-state index in [0.717, 1.165) is 12.1 Å². The van der Waals surface area contributed by atoms with Crippen molar-refractivity contribution in [2.45, 2.75) is 24.2 Å². The number of aromatic hydroxyl groups is 1. The van der Waals surface area contributed by atoms with Crippen LogP contribution in [0.3, 0.4) is 0 Å². The Morgan fingerprint density at radius 2 is 1.61 bits per heavy atom. The van der Waals surface area contributed by atoms with E-state index in [4.69, 9.17) is 49.0 Å². The maximum Gasteiger partial charge on any atom is 0.423 e. The van der Waals surface area contributed by atoms with Crippen LogP contribution in [-0.2, 0) is 29.3 Å². The Morgan fingerprint density at radius 3 is 2.25 bits per heavy atom. The molecule has 51 heavy (non-hydrogen) atoms. The molecule has 0 bridgehead atoms. The fourth-order valence-electron chi connectivity index (χ4n) is 8.41. The van der Waals surface area contributed by atoms with Gasteiger partial charge in [0.25, 0.3) is 11.8 Å². The zero-order chi connectivity index (χ0) is 36.5. The second kappa shape index (κ2) is 12.8. The number of hydrogen-bond acceptors (Lipinski definition) is 10. The van der Waals surface area contributed by atoms with Crippen molar-refractivity contribution >= 4 is 70.2 Å². The van der Waals surface area contributed by atoms with E-state index in [0.29, 0.717) is 32.4 Å². The summed E-state index contributed by atoms with van der Waals surface area (Å²) in [6.45, 7) is 0. The van der Waals surface area contributed by atoms with E-state index in [9.17, 15) is 24.3 Å². The second-order valence-corrected chi connectivity index (χ2v) is 14.0. The maximum absolute atomic E-state index is 15.3. The molecule has 3 aromatic carbocycles. The van der Waals surface area contributed by atoms with Crippen LogP contribution in [0.15, 0.2) is 66.2 Å². The number of anilines is 1. The number of imide groups is 4. The van der Waals surface area contributed by atoms with Crippen molar-refractivity contribution in [2.75, 3.05) is 26.8 Å². The number of nitrogens with zero attached hydrogens (tertiary/aromatic N) is 2. The van der Waals surface area contributed by atoms with Gasteiger partial charge in [-0.25, -0.2) is 4.79 Å². The molecule has 3 aromatic rings. The van der Waals surface area contributed by atoms with Gasteiger partial charge in [-0.1, -0.05) is 58.6 Å². The number of nitrogens with one attached hydrogen (secondary N) is 1. The van der Waals surface area contributed by atoms with E-state index in [1.54, 1.807) is 36.4 Å². The van der Waals surface area contributed by atoms with Crippen LogP contribution in [0.5, 0.6) is 17.2 Å². The summed E-state index contributed by atoms with van der Waals surface area (Å²) < 4.78 is 15.7. The first-order valence-electron chi connectivity index (χ1n) is 15.9. The average molecular weight is 755 g/mol. The first-order chi connectivity index (χ1) is 24.4. The molecule has 5 amide bonds. The van der Waals surface area contributed by atoms with Crippen molar-refractivity contribution in [3.8, 4) is 17.2 Å². The van der Waals surface area contributed by atoms with Crippen LogP contribution in [0.25, 0.3) is 0 Å². The molecule has 2 aliphatic heterocycles. The first-order valence-corrected chi connectivity index (χ1v) is 17.0. The number of allylic oxidation sites excluding steroid dienone is 2. The van der Waals surface area contributed by atoms with Crippen LogP contribution in [-0.4, -0.2) is 66.1 Å². The molecule has 2 heterocycles. The average Bonchev–Trinajstić information content (AvgIpc) is 3.50. The largest absolute Gasteiger partial charge is 0.503 e. The first kappa shape index (κ1) is 34.7. The third-order valence-corrected chi connectivity index (χ3v) is 11.4. The standard InChI is InChI=1S/C36H30Cl3N3O9/c1-49-19-7-4-17(5-8-19)36-23(32(45)42(34(36)47)40-26-11-6-18(37)14-24(26)38)15-22-20(29(36)16-12-25(39)30(43)27(13-16)50-2)9-10-21-28(22)33(46)41(31(21)44)35(48)51-3/h4-9,11-14,21-23,28-29,40,43H,10,15H2,1-3H3. The van der Waals surface area contributed by atoms with Gasteiger partial charge in [0.05, 0.1) is 60.2 Å². The summed E-state index contributed by atoms with van der Waals surface area (Å²) in [4.78, 5) is 70.7. The number of benzene rings is 3. The van der Waals surface area contributed by atoms with Gasteiger partial charge in [-0.2, -0.15) is 9.91 Å². The minimum atomic E-state index is -1.68. The van der Waals surface area contributed by atoms with E-state index in [2.05, 4.69) is 5.43 Å². The Labute approximate surface area is 306 Å². The third-order valence-electron chi connectivity index (χ3n) is 10.5. The predicted octanol–water partition coefficient (Wildman–Crippen LogP) is 6.12. The Hall–Kier alpha value is -4.78. The molecule has 264 valence electrons. The number of halogens is 3. The lowest BCUT2D eigenvalue weighted by Crippen LogP contribution is -2.53. The van der Waals surface area contributed by atoms with Crippen molar-refractivity contribution < 1.29 is 43.3 Å². The number of amides is 5. The SMILES string of the molecule is COC(=O)N1C(=O)C2CC=C3C(CC4C(=O)N(Nc5ccc(Cl)cc5Cl)C(=O)C4(c4ccc(OC)cc4)C3c3cc(Cl)c(O)c(OC)c3)C2C1=O. The van der Waals surface area contributed by atoms with Gasteiger partial charge in [-0.15, -0.1) is 0 Å². The number of fused-ring (bicyclic) bond motifs is 4. The van der Waals surface area contributed by atoms with Gasteiger partial charge in [0, 0.05) is 10.9 Å². The minimum absolute atomic E-state index is 0.0130. The molecule has 6 unspecified atom stereocenters. The normalized spacial score (nSPS) is 26.7. The van der Waals surface area contributed by atoms with E-state index in [1.807, 2.05) is 0 Å². The molecule has 0 aromatic heterocycles. The number of methoxy groups -OCH3 is 3. The molecule has 2 N–H and O–H groups in total. The lowest BCUT2D eigenvalue weighted by molar-refractivity contribution is -0.140. The molecule has 4 aliphatic rings. The molecule has 12 nitrogen and oxygen atoms in total. The molecular formula is C36H30Cl3N3O9. The Balaban J connectivity index is 1.49. The summed E-state index contributed by atoms with van der Waals surface area (Å²) in [5.41, 5.74) is 2.92. The quantitative estimate of drug-likeness (QED) is 0.223. The lowest BCUT2D eigenvalue weighted by Gasteiger charge is -2.50. The van der Waals surface area contributed by atoms with Gasteiger partial charge in [-0.3, -0.25) is 24.6 Å². The molecule has 2 saturated heterocycles. The van der Waals surface area contributed by atoms with Crippen LogP contribution in [0, 0.1) is 23.7 Å². The number of hydrazine groups is 1. The molecular weight excluding hydrogens is 725 g/mol. The van der Waals surface area contributed by atoms with Crippen LogP contribution in [0.4, 0.5) is 10.5 Å². The number of likely N-dealkylation sites (tertiary alicyclic amines) is 1.